The Balaban J connectivity index is 2.11. The molecule has 2 fully saturated rings. The molecule has 1 aliphatic carbocycles. The summed E-state index contributed by atoms with van der Waals surface area (Å²) < 4.78 is 0. The first kappa shape index (κ1) is 13.1. The number of likely N-dealkylation sites (tertiary alicyclic amines) is 1. The highest BCUT2D eigenvalue weighted by Gasteiger charge is 2.54. The van der Waals surface area contributed by atoms with Gasteiger partial charge in [0.15, 0.2) is 5.84 Å². The Bertz CT molecular complexity index is 364. The van der Waals surface area contributed by atoms with Crippen molar-refractivity contribution in [2.24, 2.45) is 28.1 Å². The summed E-state index contributed by atoms with van der Waals surface area (Å²) in [6.07, 6.45) is 2.11. The molecule has 0 radical (unpaired) electrons. The molecule has 6 nitrogen and oxygen atoms in total. The quantitative estimate of drug-likeness (QED) is 0.286. The molecule has 1 heterocycles. The third-order valence-corrected chi connectivity index (χ3v) is 4.23. The summed E-state index contributed by atoms with van der Waals surface area (Å²) >= 11 is 0. The van der Waals surface area contributed by atoms with Crippen LogP contribution in [0, 0.1) is 17.3 Å². The van der Waals surface area contributed by atoms with Gasteiger partial charge in [0, 0.05) is 25.6 Å². The van der Waals surface area contributed by atoms with E-state index in [1.807, 2.05) is 0 Å². The standard InChI is InChI=1S/C12H21N3O3/c1-8-4-12(5-8,10(13)14-18)11(17)15-3-2-9(6-15)7-16/h8-9,16,18H,2-7H2,1H3,(H2,13,14). The number of carbonyl (C=O) groups excluding carboxylic acids is 1. The maximum Gasteiger partial charge on any atom is 0.236 e. The fourth-order valence-corrected chi connectivity index (χ4v) is 3.19. The highest BCUT2D eigenvalue weighted by molar-refractivity contribution is 6.07. The molecular weight excluding hydrogens is 234 g/mol. The average molecular weight is 255 g/mol. The van der Waals surface area contributed by atoms with E-state index in [4.69, 9.17) is 16.0 Å². The van der Waals surface area contributed by atoms with Gasteiger partial charge in [-0.1, -0.05) is 12.1 Å². The smallest absolute Gasteiger partial charge is 0.236 e. The number of amidine groups is 1. The summed E-state index contributed by atoms with van der Waals surface area (Å²) in [6, 6.07) is 0. The van der Waals surface area contributed by atoms with Gasteiger partial charge in [0.05, 0.1) is 0 Å². The second-order valence-electron chi connectivity index (χ2n) is 5.67. The van der Waals surface area contributed by atoms with Crippen molar-refractivity contribution in [1.82, 2.24) is 4.90 Å². The summed E-state index contributed by atoms with van der Waals surface area (Å²) in [5.74, 6) is 0.561. The maximum absolute atomic E-state index is 12.5. The van der Waals surface area contributed by atoms with Crippen LogP contribution in [-0.2, 0) is 4.79 Å². The molecule has 18 heavy (non-hydrogen) atoms. The lowest BCUT2D eigenvalue weighted by atomic mass is 9.61. The normalized spacial score (nSPS) is 36.6. The van der Waals surface area contributed by atoms with E-state index in [-0.39, 0.29) is 24.3 Å². The minimum Gasteiger partial charge on any atom is -0.409 e. The molecule has 1 atom stereocenters. The summed E-state index contributed by atoms with van der Waals surface area (Å²) in [4.78, 5) is 14.3. The van der Waals surface area contributed by atoms with E-state index in [1.54, 1.807) is 4.90 Å². The number of nitrogens with two attached hydrogens (primary N) is 1. The molecule has 1 saturated carbocycles. The first-order valence-electron chi connectivity index (χ1n) is 6.41. The van der Waals surface area contributed by atoms with Gasteiger partial charge in [-0.05, 0) is 25.2 Å². The summed E-state index contributed by atoms with van der Waals surface area (Å²) in [7, 11) is 0. The predicted octanol–water partition coefficient (Wildman–Crippen LogP) is -0.0101. The predicted molar refractivity (Wildman–Crippen MR) is 66.0 cm³/mol. The molecular formula is C12H21N3O3. The van der Waals surface area contributed by atoms with Crippen LogP contribution in [0.4, 0.5) is 0 Å². The van der Waals surface area contributed by atoms with E-state index >= 15 is 0 Å². The van der Waals surface area contributed by atoms with Crippen LogP contribution in [0.3, 0.4) is 0 Å². The van der Waals surface area contributed by atoms with Crippen molar-refractivity contribution in [1.29, 1.82) is 0 Å². The Hall–Kier alpha value is -1.30. The highest BCUT2D eigenvalue weighted by atomic mass is 16.4. The van der Waals surface area contributed by atoms with E-state index in [9.17, 15) is 4.79 Å². The summed E-state index contributed by atoms with van der Waals surface area (Å²) in [5.41, 5.74) is 4.91. The second kappa shape index (κ2) is 4.76. The third kappa shape index (κ3) is 1.94. The minimum absolute atomic E-state index is 0.0260. The van der Waals surface area contributed by atoms with Crippen LogP contribution >= 0.6 is 0 Å². The van der Waals surface area contributed by atoms with Gasteiger partial charge in [0.25, 0.3) is 0 Å². The van der Waals surface area contributed by atoms with Gasteiger partial charge in [-0.25, -0.2) is 0 Å². The fraction of sp³-hybridized carbons (Fsp3) is 0.833. The Kier molecular flexibility index (Phi) is 3.47. The van der Waals surface area contributed by atoms with Crippen LogP contribution in [-0.4, -0.2) is 46.7 Å². The van der Waals surface area contributed by atoms with Gasteiger partial charge < -0.3 is 20.9 Å². The molecule has 0 spiro atoms. The van der Waals surface area contributed by atoms with Crippen LogP contribution in [0.1, 0.15) is 26.2 Å². The topological polar surface area (TPSA) is 99.2 Å². The zero-order valence-corrected chi connectivity index (χ0v) is 10.7. The van der Waals surface area contributed by atoms with Gasteiger partial charge in [-0.15, -0.1) is 0 Å². The molecule has 0 aromatic rings. The Morgan fingerprint density at radius 2 is 2.22 bits per heavy atom. The largest absolute Gasteiger partial charge is 0.409 e. The maximum atomic E-state index is 12.5. The van der Waals surface area contributed by atoms with E-state index in [1.165, 1.54) is 0 Å². The lowest BCUT2D eigenvalue weighted by Crippen LogP contribution is -2.57. The molecule has 102 valence electrons. The average Bonchev–Trinajstić information content (AvgIpc) is 2.81. The Labute approximate surface area is 106 Å². The molecule has 1 unspecified atom stereocenters. The summed E-state index contributed by atoms with van der Waals surface area (Å²) in [5, 5.41) is 21.0. The van der Waals surface area contributed by atoms with Crippen molar-refractivity contribution >= 4 is 11.7 Å². The molecule has 0 aromatic heterocycles. The number of hydrogen-bond acceptors (Lipinski definition) is 4. The van der Waals surface area contributed by atoms with Crippen LogP contribution in [0.25, 0.3) is 0 Å². The zero-order valence-electron chi connectivity index (χ0n) is 10.7. The number of aliphatic hydroxyl groups is 1. The van der Waals surface area contributed by atoms with Crippen molar-refractivity contribution in [2.75, 3.05) is 19.7 Å². The summed E-state index contributed by atoms with van der Waals surface area (Å²) in [6.45, 7) is 3.39. The number of hydrogen-bond donors (Lipinski definition) is 3. The molecule has 0 aromatic carbocycles. The minimum atomic E-state index is -0.807. The SMILES string of the molecule is CC1CC(C(=O)N2CCC(CO)C2)(C(N)=NO)C1. The molecule has 1 saturated heterocycles. The van der Waals surface area contributed by atoms with Crippen LogP contribution in [0.5, 0.6) is 0 Å². The van der Waals surface area contributed by atoms with Crippen molar-refractivity contribution in [3.63, 3.8) is 0 Å². The van der Waals surface area contributed by atoms with E-state index in [2.05, 4.69) is 12.1 Å². The second-order valence-corrected chi connectivity index (χ2v) is 5.67. The van der Waals surface area contributed by atoms with Gasteiger partial charge in [-0.2, -0.15) is 0 Å². The monoisotopic (exact) mass is 255 g/mol. The molecule has 0 bridgehead atoms. The first-order chi connectivity index (χ1) is 8.53. The van der Waals surface area contributed by atoms with Crippen LogP contribution in [0.2, 0.25) is 0 Å². The molecule has 4 N–H and O–H groups in total. The lowest BCUT2D eigenvalue weighted by molar-refractivity contribution is -0.143. The number of amides is 1. The third-order valence-electron chi connectivity index (χ3n) is 4.23. The van der Waals surface area contributed by atoms with Gasteiger partial charge in [0.2, 0.25) is 5.91 Å². The van der Waals surface area contributed by atoms with E-state index < -0.39 is 5.41 Å². The number of carbonyl (C=O) groups is 1. The number of nitrogens with zero attached hydrogens (tertiary/aromatic N) is 2. The lowest BCUT2D eigenvalue weighted by Gasteiger charge is -2.45. The zero-order chi connectivity index (χ0) is 13.3. The van der Waals surface area contributed by atoms with Crippen LogP contribution in [0.15, 0.2) is 5.16 Å². The van der Waals surface area contributed by atoms with Crippen molar-refractivity contribution in [3.05, 3.63) is 0 Å². The van der Waals surface area contributed by atoms with E-state index in [0.717, 1.165) is 6.42 Å². The highest BCUT2D eigenvalue weighted by Crippen LogP contribution is 2.47. The molecule has 1 aliphatic heterocycles. The van der Waals surface area contributed by atoms with Crippen molar-refractivity contribution < 1.29 is 15.1 Å². The Morgan fingerprint density at radius 3 is 2.67 bits per heavy atom. The molecule has 2 aliphatic rings. The van der Waals surface area contributed by atoms with Gasteiger partial charge in [-0.3, -0.25) is 4.79 Å². The van der Waals surface area contributed by atoms with E-state index in [0.29, 0.717) is 31.8 Å². The number of oxime groups is 1. The van der Waals surface area contributed by atoms with Crippen LogP contribution < -0.4 is 5.73 Å². The molecule has 2 rings (SSSR count). The number of rotatable bonds is 3. The van der Waals surface area contributed by atoms with Gasteiger partial charge >= 0.3 is 0 Å². The fourth-order valence-electron chi connectivity index (χ4n) is 3.19. The van der Waals surface area contributed by atoms with Gasteiger partial charge in [0.1, 0.15) is 5.41 Å². The van der Waals surface area contributed by atoms with Crippen molar-refractivity contribution in [3.8, 4) is 0 Å². The molecule has 6 heteroatoms. The number of aliphatic hydroxyl groups excluding tert-OH is 1. The molecule has 1 amide bonds. The first-order valence-corrected chi connectivity index (χ1v) is 6.41. The Morgan fingerprint density at radius 1 is 1.56 bits per heavy atom. The van der Waals surface area contributed by atoms with Crippen molar-refractivity contribution in [2.45, 2.75) is 26.2 Å².